The van der Waals surface area contributed by atoms with Gasteiger partial charge in [-0.15, -0.1) is 0 Å². The number of benzene rings is 2. The molecule has 2 saturated heterocycles. The summed E-state index contributed by atoms with van der Waals surface area (Å²) in [6.45, 7) is 3.92. The number of hydrogen-bond acceptors (Lipinski definition) is 5. The van der Waals surface area contributed by atoms with Crippen LogP contribution >= 0.6 is 0 Å². The quantitative estimate of drug-likeness (QED) is 0.163. The first kappa shape index (κ1) is 40.5. The van der Waals surface area contributed by atoms with E-state index in [1.165, 1.54) is 16.7 Å². The fourth-order valence-corrected chi connectivity index (χ4v) is 8.07. The Balaban J connectivity index is 1.70. The first-order valence-electron chi connectivity index (χ1n) is 15.7. The number of likely N-dealkylation sites (tertiary alicyclic amines) is 1. The molecule has 284 valence electrons. The number of carbonyl (C=O) groups is 2. The molecule has 2 aromatic rings. The predicted octanol–water partition coefficient (Wildman–Crippen LogP) is 6.60. The van der Waals surface area contributed by atoms with Gasteiger partial charge >= 0.3 is 18.4 Å². The summed E-state index contributed by atoms with van der Waals surface area (Å²) in [6.07, 6.45) is -10.9. The van der Waals surface area contributed by atoms with Gasteiger partial charge in [-0.3, -0.25) is 4.79 Å². The van der Waals surface area contributed by atoms with Crippen molar-refractivity contribution in [3.05, 3.63) is 101 Å². The van der Waals surface area contributed by atoms with E-state index in [0.29, 0.717) is 24.3 Å². The summed E-state index contributed by atoms with van der Waals surface area (Å²) in [5, 5.41) is -1.53. The molecule has 0 spiro atoms. The van der Waals surface area contributed by atoms with Gasteiger partial charge in [0.25, 0.3) is 5.60 Å². The zero-order chi connectivity index (χ0) is 38.8. The highest BCUT2D eigenvalue weighted by Crippen LogP contribution is 2.51. The van der Waals surface area contributed by atoms with Crippen molar-refractivity contribution in [1.29, 1.82) is 0 Å². The number of sulfone groups is 1. The molecule has 4 rings (SSSR count). The summed E-state index contributed by atoms with van der Waals surface area (Å²) < 4.78 is 162. The summed E-state index contributed by atoms with van der Waals surface area (Å²) in [7, 11) is -4.43. The maximum absolute atomic E-state index is 14.6. The minimum atomic E-state index is -6.24. The maximum Gasteiger partial charge on any atom is 0.430 e. The normalized spacial score (nSPS) is 19.4. The molecule has 3 amide bonds. The third kappa shape index (κ3) is 8.01. The van der Waals surface area contributed by atoms with Crippen molar-refractivity contribution in [1.82, 2.24) is 14.7 Å². The van der Waals surface area contributed by atoms with Gasteiger partial charge in [-0.05, 0) is 54.5 Å². The van der Waals surface area contributed by atoms with Gasteiger partial charge in [0.15, 0.2) is 9.84 Å². The van der Waals surface area contributed by atoms with Crippen LogP contribution in [-0.4, -0.2) is 97.5 Å². The van der Waals surface area contributed by atoms with Crippen LogP contribution in [0.2, 0.25) is 0 Å². The van der Waals surface area contributed by atoms with Crippen LogP contribution in [0.4, 0.5) is 44.3 Å². The molecule has 2 heterocycles. The number of allylic oxidation sites excluding steroid dienone is 2. The average molecular weight is 768 g/mol. The zero-order valence-corrected chi connectivity index (χ0v) is 28.6. The van der Waals surface area contributed by atoms with Crippen molar-refractivity contribution < 1.29 is 62.3 Å². The van der Waals surface area contributed by atoms with Crippen molar-refractivity contribution in [2.45, 2.75) is 48.6 Å². The van der Waals surface area contributed by atoms with Crippen molar-refractivity contribution >= 4 is 21.8 Å². The Kier molecular flexibility index (Phi) is 11.9. The molecule has 0 unspecified atom stereocenters. The minimum absolute atomic E-state index is 0.105. The van der Waals surface area contributed by atoms with Gasteiger partial charge in [-0.1, -0.05) is 30.9 Å². The highest BCUT2D eigenvalue weighted by molar-refractivity contribution is 7.92. The van der Waals surface area contributed by atoms with E-state index >= 15 is 0 Å². The largest absolute Gasteiger partial charge is 0.430 e. The topological polar surface area (TPSA) is 87.2 Å². The van der Waals surface area contributed by atoms with Gasteiger partial charge in [0.2, 0.25) is 5.91 Å². The number of ether oxygens (including phenoxy) is 1. The number of nitrogens with zero attached hydrogens (tertiary/aromatic N) is 3. The van der Waals surface area contributed by atoms with Crippen LogP contribution < -0.4 is 0 Å². The summed E-state index contributed by atoms with van der Waals surface area (Å²) in [6, 6.07) is 5.19. The number of rotatable bonds is 9. The zero-order valence-electron chi connectivity index (χ0n) is 27.8. The standard InChI is InChI=1S/C34H34F9N3O5S/c1-4-23(32(33(38,39)40,34(41,42)43)51-20-27-28(36)6-5-7-29(27)37)9-8-21(2)26-18-46(31(48)45-16-14-44(15-17-45)22(3)47)19-30(26)52(49,50)25-12-10-24(35)11-13-25/h4-13,26,30H,2,14-20H2,1,3H3/b9-8-,23-4+/t26-,30+/m0/s1. The number of urea groups is 1. The Morgan fingerprint density at radius 1 is 0.846 bits per heavy atom. The van der Waals surface area contributed by atoms with Crippen molar-refractivity contribution in [2.24, 2.45) is 5.92 Å². The van der Waals surface area contributed by atoms with E-state index in [0.717, 1.165) is 48.2 Å². The fourth-order valence-electron chi connectivity index (χ4n) is 6.14. The Morgan fingerprint density at radius 3 is 1.88 bits per heavy atom. The monoisotopic (exact) mass is 767 g/mol. The number of hydrogen-bond donors (Lipinski definition) is 0. The summed E-state index contributed by atoms with van der Waals surface area (Å²) in [4.78, 5) is 28.9. The Hall–Kier alpha value is -4.32. The Morgan fingerprint density at radius 2 is 1.38 bits per heavy atom. The Labute approximate surface area is 293 Å². The van der Waals surface area contributed by atoms with E-state index in [1.807, 2.05) is 0 Å². The molecule has 18 heteroatoms. The number of carbonyl (C=O) groups excluding carboxylic acids is 2. The lowest BCUT2D eigenvalue weighted by atomic mass is 9.89. The van der Waals surface area contributed by atoms with Crippen LogP contribution in [0.15, 0.2) is 83.3 Å². The van der Waals surface area contributed by atoms with Gasteiger partial charge < -0.3 is 19.4 Å². The molecule has 0 bridgehead atoms. The first-order valence-corrected chi connectivity index (χ1v) is 17.2. The predicted molar refractivity (Wildman–Crippen MR) is 170 cm³/mol. The third-order valence-electron chi connectivity index (χ3n) is 9.04. The fraction of sp³-hybridized carbons (Fsp3) is 0.412. The first-order chi connectivity index (χ1) is 24.1. The van der Waals surface area contributed by atoms with Gasteiger partial charge in [0, 0.05) is 57.7 Å². The molecular formula is C34H34F9N3O5S. The highest BCUT2D eigenvalue weighted by Gasteiger charge is 2.73. The second-order valence-electron chi connectivity index (χ2n) is 12.1. The van der Waals surface area contributed by atoms with Crippen LogP contribution in [0.1, 0.15) is 19.4 Å². The van der Waals surface area contributed by atoms with Crippen LogP contribution in [-0.2, 0) is 26.0 Å². The number of amides is 3. The maximum atomic E-state index is 14.6. The second-order valence-corrected chi connectivity index (χ2v) is 14.3. The van der Waals surface area contributed by atoms with E-state index < -0.39 is 86.7 Å². The van der Waals surface area contributed by atoms with E-state index in [1.54, 1.807) is 0 Å². The second kappa shape index (κ2) is 15.3. The molecule has 52 heavy (non-hydrogen) atoms. The lowest BCUT2D eigenvalue weighted by Gasteiger charge is -2.38. The molecule has 0 N–H and O–H groups in total. The van der Waals surface area contributed by atoms with Gasteiger partial charge in [0.1, 0.15) is 17.5 Å². The number of alkyl halides is 6. The highest BCUT2D eigenvalue weighted by atomic mass is 32.2. The van der Waals surface area contributed by atoms with Crippen LogP contribution in [0.5, 0.6) is 0 Å². The average Bonchev–Trinajstić information content (AvgIpc) is 3.53. The van der Waals surface area contributed by atoms with Crippen LogP contribution in [0, 0.1) is 23.4 Å². The Bertz CT molecular complexity index is 1800. The van der Waals surface area contributed by atoms with Crippen molar-refractivity contribution in [2.75, 3.05) is 39.3 Å². The SMILES string of the molecule is C=C(/C=C\C(=C/C)C(OCc1c(F)cccc1F)(C(F)(F)F)C(F)(F)F)[C@@H]1CN(C(=O)N2CCN(C(C)=O)CC2)C[C@H]1S(=O)(=O)c1ccc(F)cc1. The summed E-state index contributed by atoms with van der Waals surface area (Å²) in [5.74, 6) is -5.15. The molecule has 8 nitrogen and oxygen atoms in total. The van der Waals surface area contributed by atoms with Crippen molar-refractivity contribution in [3.8, 4) is 0 Å². The molecule has 2 atom stereocenters. The number of piperazine rings is 1. The molecule has 0 aliphatic carbocycles. The van der Waals surface area contributed by atoms with E-state index in [-0.39, 0.29) is 49.1 Å². The van der Waals surface area contributed by atoms with Gasteiger partial charge in [-0.2, -0.15) is 26.3 Å². The number of halogens is 9. The molecular weight excluding hydrogens is 733 g/mol. The summed E-state index contributed by atoms with van der Waals surface area (Å²) in [5.41, 5.74) is -8.14. The smallest absolute Gasteiger partial charge is 0.349 e. The molecule has 2 fully saturated rings. The molecule has 2 aliphatic heterocycles. The van der Waals surface area contributed by atoms with Crippen LogP contribution in [0.25, 0.3) is 0 Å². The summed E-state index contributed by atoms with van der Waals surface area (Å²) >= 11 is 0. The molecule has 0 aromatic heterocycles. The van der Waals surface area contributed by atoms with E-state index in [2.05, 4.69) is 11.3 Å². The minimum Gasteiger partial charge on any atom is -0.349 e. The van der Waals surface area contributed by atoms with Gasteiger partial charge in [-0.25, -0.2) is 26.4 Å². The molecule has 2 aliphatic rings. The van der Waals surface area contributed by atoms with Gasteiger partial charge in [0.05, 0.1) is 16.8 Å². The lowest BCUT2D eigenvalue weighted by molar-refractivity contribution is -0.367. The lowest BCUT2D eigenvalue weighted by Crippen LogP contribution is -2.59. The molecule has 0 saturated carbocycles. The van der Waals surface area contributed by atoms with Crippen molar-refractivity contribution in [3.63, 3.8) is 0 Å². The van der Waals surface area contributed by atoms with Crippen LogP contribution in [0.3, 0.4) is 0 Å². The van der Waals surface area contributed by atoms with E-state index in [4.69, 9.17) is 0 Å². The third-order valence-corrected chi connectivity index (χ3v) is 11.2. The molecule has 2 aromatic carbocycles. The molecule has 0 radical (unpaired) electrons. The van der Waals surface area contributed by atoms with E-state index in [9.17, 15) is 57.5 Å².